The molecule has 0 aromatic heterocycles. The molecule has 7 nitrogen and oxygen atoms in total. The highest BCUT2D eigenvalue weighted by Gasteiger charge is 2.28. The van der Waals surface area contributed by atoms with Crippen LogP contribution in [0.2, 0.25) is 0 Å². The number of carbonyl (C=O) groups excluding carboxylic acids is 2. The van der Waals surface area contributed by atoms with E-state index in [2.05, 4.69) is 25.7 Å². The second-order valence-corrected chi connectivity index (χ2v) is 4.58. The van der Waals surface area contributed by atoms with Crippen LogP contribution in [-0.2, 0) is 14.3 Å². The molecule has 0 saturated heterocycles. The van der Waals surface area contributed by atoms with Crippen molar-refractivity contribution in [3.8, 4) is 0 Å². The normalized spacial score (nSPS) is 14.6. The monoisotopic (exact) mass is 284 g/mol. The topological polar surface area (TPSA) is 91.8 Å². The van der Waals surface area contributed by atoms with Crippen LogP contribution >= 0.6 is 0 Å². The van der Waals surface area contributed by atoms with Crippen molar-refractivity contribution in [1.82, 2.24) is 16.0 Å². The van der Waals surface area contributed by atoms with E-state index in [1.54, 1.807) is 0 Å². The average molecular weight is 284 g/mol. The van der Waals surface area contributed by atoms with Crippen molar-refractivity contribution in [2.24, 2.45) is 10.9 Å². The van der Waals surface area contributed by atoms with E-state index < -0.39 is 0 Å². The Hall–Kier alpha value is -1.79. The Morgan fingerprint density at radius 3 is 2.50 bits per heavy atom. The van der Waals surface area contributed by atoms with Gasteiger partial charge in [-0.25, -0.2) is 0 Å². The maximum absolute atomic E-state index is 11.4. The maximum atomic E-state index is 11.4. The molecule has 0 heterocycles. The Morgan fingerprint density at radius 2 is 1.90 bits per heavy atom. The molecule has 1 aliphatic carbocycles. The van der Waals surface area contributed by atoms with Crippen LogP contribution in [0.5, 0.6) is 0 Å². The first kappa shape index (κ1) is 16.3. The molecule has 0 aliphatic heterocycles. The largest absolute Gasteiger partial charge is 0.469 e. The van der Waals surface area contributed by atoms with E-state index in [-0.39, 0.29) is 24.2 Å². The van der Waals surface area contributed by atoms with Crippen molar-refractivity contribution in [1.29, 1.82) is 0 Å². The molecule has 1 aliphatic rings. The molecule has 0 atom stereocenters. The van der Waals surface area contributed by atoms with Crippen LogP contribution in [0.3, 0.4) is 0 Å². The Labute approximate surface area is 119 Å². The number of hydrogen-bond donors (Lipinski definition) is 3. The molecular weight excluding hydrogens is 260 g/mol. The molecule has 0 spiro atoms. The molecule has 0 radical (unpaired) electrons. The van der Waals surface area contributed by atoms with E-state index in [9.17, 15) is 9.59 Å². The van der Waals surface area contributed by atoms with Crippen LogP contribution in [0.25, 0.3) is 0 Å². The van der Waals surface area contributed by atoms with Gasteiger partial charge < -0.3 is 20.7 Å². The number of hydrogen-bond acceptors (Lipinski definition) is 4. The lowest BCUT2D eigenvalue weighted by atomic mass is 10.4. The third kappa shape index (κ3) is 6.96. The quantitative estimate of drug-likeness (QED) is 0.245. The summed E-state index contributed by atoms with van der Waals surface area (Å²) in [6, 6.07) is 0. The molecule has 1 fully saturated rings. The minimum atomic E-state index is -0.277. The number of aliphatic imine (C=N–C) groups is 1. The molecule has 0 unspecified atom stereocenters. The summed E-state index contributed by atoms with van der Waals surface area (Å²) in [5.41, 5.74) is 0. The molecule has 0 bridgehead atoms. The number of ether oxygens (including phenoxy) is 1. The van der Waals surface area contributed by atoms with Crippen molar-refractivity contribution in [3.05, 3.63) is 0 Å². The second-order valence-electron chi connectivity index (χ2n) is 4.58. The summed E-state index contributed by atoms with van der Waals surface area (Å²) in [7, 11) is 1.36. The lowest BCUT2D eigenvalue weighted by Crippen LogP contribution is -2.41. The molecular formula is C13H24N4O3. The van der Waals surface area contributed by atoms with Crippen molar-refractivity contribution in [3.63, 3.8) is 0 Å². The summed E-state index contributed by atoms with van der Waals surface area (Å²) in [5, 5.41) is 9.04. The van der Waals surface area contributed by atoms with Gasteiger partial charge in [-0.15, -0.1) is 0 Å². The molecule has 0 aromatic rings. The van der Waals surface area contributed by atoms with Gasteiger partial charge in [-0.05, 0) is 19.8 Å². The summed E-state index contributed by atoms with van der Waals surface area (Å²) >= 11 is 0. The molecule has 0 aromatic carbocycles. The molecule has 114 valence electrons. The van der Waals surface area contributed by atoms with Gasteiger partial charge in [0, 0.05) is 25.6 Å². The van der Waals surface area contributed by atoms with E-state index in [4.69, 9.17) is 0 Å². The summed E-state index contributed by atoms with van der Waals surface area (Å²) in [6.45, 7) is 4.24. The smallest absolute Gasteiger partial charge is 0.307 e. The number of methoxy groups -OCH3 is 1. The summed E-state index contributed by atoms with van der Waals surface area (Å²) in [5.74, 6) is 0.731. The number of nitrogens with zero attached hydrogens (tertiary/aromatic N) is 1. The number of rotatable bonds is 8. The lowest BCUT2D eigenvalue weighted by molar-refractivity contribution is -0.140. The third-order valence-electron chi connectivity index (χ3n) is 2.82. The summed E-state index contributed by atoms with van der Waals surface area (Å²) in [6.07, 6.45) is 2.28. The number of nitrogens with one attached hydrogen (secondary N) is 3. The van der Waals surface area contributed by atoms with Crippen LogP contribution in [0.1, 0.15) is 26.2 Å². The highest BCUT2D eigenvalue weighted by molar-refractivity contribution is 5.81. The van der Waals surface area contributed by atoms with E-state index in [0.29, 0.717) is 25.6 Å². The van der Waals surface area contributed by atoms with Crippen LogP contribution in [0, 0.1) is 5.92 Å². The summed E-state index contributed by atoms with van der Waals surface area (Å²) in [4.78, 5) is 26.6. The fourth-order valence-corrected chi connectivity index (χ4v) is 1.56. The molecule has 7 heteroatoms. The van der Waals surface area contributed by atoms with Gasteiger partial charge in [0.1, 0.15) is 0 Å². The fourth-order valence-electron chi connectivity index (χ4n) is 1.56. The zero-order valence-corrected chi connectivity index (χ0v) is 12.2. The van der Waals surface area contributed by atoms with Crippen molar-refractivity contribution < 1.29 is 14.3 Å². The average Bonchev–Trinajstić information content (AvgIpc) is 3.27. The van der Waals surface area contributed by atoms with Gasteiger partial charge in [0.15, 0.2) is 5.96 Å². The number of amides is 1. The first-order chi connectivity index (χ1) is 9.67. The number of esters is 1. The van der Waals surface area contributed by atoms with Gasteiger partial charge in [0.05, 0.1) is 20.1 Å². The predicted octanol–water partition coefficient (Wildman–Crippen LogP) is -0.369. The van der Waals surface area contributed by atoms with Gasteiger partial charge in [0.2, 0.25) is 5.91 Å². The van der Waals surface area contributed by atoms with E-state index in [1.165, 1.54) is 7.11 Å². The molecule has 1 saturated carbocycles. The third-order valence-corrected chi connectivity index (χ3v) is 2.82. The summed E-state index contributed by atoms with van der Waals surface area (Å²) < 4.78 is 4.55. The molecule has 1 amide bonds. The first-order valence-electron chi connectivity index (χ1n) is 7.04. The Balaban J connectivity index is 2.17. The number of guanidine groups is 1. The second kappa shape index (κ2) is 9.17. The molecule has 20 heavy (non-hydrogen) atoms. The Kier molecular flexibility index (Phi) is 7.46. The zero-order valence-electron chi connectivity index (χ0n) is 12.2. The van der Waals surface area contributed by atoms with Gasteiger partial charge in [0.25, 0.3) is 0 Å². The van der Waals surface area contributed by atoms with Crippen molar-refractivity contribution >= 4 is 17.8 Å². The van der Waals surface area contributed by atoms with Gasteiger partial charge in [-0.3, -0.25) is 14.6 Å². The van der Waals surface area contributed by atoms with Crippen molar-refractivity contribution in [2.75, 3.05) is 33.3 Å². The fraction of sp³-hybridized carbons (Fsp3) is 0.769. The highest BCUT2D eigenvalue weighted by atomic mass is 16.5. The predicted molar refractivity (Wildman–Crippen MR) is 76.3 cm³/mol. The van der Waals surface area contributed by atoms with Gasteiger partial charge in [-0.1, -0.05) is 0 Å². The first-order valence-corrected chi connectivity index (χ1v) is 7.04. The van der Waals surface area contributed by atoms with Crippen LogP contribution in [0.15, 0.2) is 4.99 Å². The number of carbonyl (C=O) groups is 2. The van der Waals surface area contributed by atoms with E-state index >= 15 is 0 Å². The van der Waals surface area contributed by atoms with Gasteiger partial charge in [-0.2, -0.15) is 0 Å². The minimum Gasteiger partial charge on any atom is -0.469 e. The van der Waals surface area contributed by atoms with Crippen LogP contribution in [0.4, 0.5) is 0 Å². The molecule has 3 N–H and O–H groups in total. The van der Waals surface area contributed by atoms with Crippen LogP contribution < -0.4 is 16.0 Å². The standard InChI is InChI=1S/C13H24N4O3/c1-3-14-13(16-7-6-11(18)20-2)17-9-8-15-12(19)10-4-5-10/h10H,3-9H2,1-2H3,(H,15,19)(H2,14,16,17). The zero-order chi connectivity index (χ0) is 14.8. The van der Waals surface area contributed by atoms with E-state index in [1.807, 2.05) is 6.92 Å². The maximum Gasteiger partial charge on any atom is 0.307 e. The van der Waals surface area contributed by atoms with E-state index in [0.717, 1.165) is 19.4 Å². The lowest BCUT2D eigenvalue weighted by Gasteiger charge is -2.11. The SMILES string of the molecule is CCNC(=NCCC(=O)OC)NCCNC(=O)C1CC1. The van der Waals surface area contributed by atoms with Gasteiger partial charge >= 0.3 is 5.97 Å². The Bertz CT molecular complexity index is 354. The van der Waals surface area contributed by atoms with Crippen molar-refractivity contribution in [2.45, 2.75) is 26.2 Å². The minimum absolute atomic E-state index is 0.138. The molecule has 1 rings (SSSR count). The highest BCUT2D eigenvalue weighted by Crippen LogP contribution is 2.28. The Morgan fingerprint density at radius 1 is 1.20 bits per heavy atom. The van der Waals surface area contributed by atoms with Crippen LogP contribution in [-0.4, -0.2) is 51.1 Å².